The summed E-state index contributed by atoms with van der Waals surface area (Å²) in [6.07, 6.45) is 3.49. The van der Waals surface area contributed by atoms with Gasteiger partial charge in [0.05, 0.1) is 11.2 Å². The molecule has 2 heterocycles. The Hall–Kier alpha value is -5.42. The van der Waals surface area contributed by atoms with Gasteiger partial charge < -0.3 is 0 Å². The average Bonchev–Trinajstić information content (AvgIpc) is 3.38. The first-order valence-corrected chi connectivity index (χ1v) is 13.3. The number of benzene rings is 5. The van der Waals surface area contributed by atoms with E-state index in [9.17, 15) is 8.78 Å². The van der Waals surface area contributed by atoms with Crippen molar-refractivity contribution in [3.63, 3.8) is 0 Å². The normalized spacial score (nSPS) is 11.2. The molecule has 7 rings (SSSR count). The molecule has 0 saturated heterocycles. The van der Waals surface area contributed by atoms with Crippen molar-refractivity contribution in [3.8, 4) is 50.6 Å². The summed E-state index contributed by atoms with van der Waals surface area (Å²) in [5.41, 5.74) is 8.97. The molecule has 7 aromatic rings. The lowest BCUT2D eigenvalue weighted by atomic mass is 9.95. The quantitative estimate of drug-likeness (QED) is 0.220. The molecule has 0 fully saturated rings. The van der Waals surface area contributed by atoms with E-state index in [-0.39, 0.29) is 11.6 Å². The molecule has 0 saturated carbocycles. The van der Waals surface area contributed by atoms with Crippen molar-refractivity contribution in [3.05, 3.63) is 151 Å². The Morgan fingerprint density at radius 2 is 0.878 bits per heavy atom. The molecule has 2 aromatic heterocycles. The Balaban J connectivity index is 1.43. The zero-order chi connectivity index (χ0) is 27.8. The van der Waals surface area contributed by atoms with Crippen molar-refractivity contribution in [1.29, 1.82) is 0 Å². The van der Waals surface area contributed by atoms with E-state index in [0.717, 1.165) is 55.5 Å². The Morgan fingerprint density at radius 3 is 1.41 bits per heavy atom. The highest BCUT2D eigenvalue weighted by molar-refractivity contribution is 6.05. The van der Waals surface area contributed by atoms with Crippen molar-refractivity contribution in [1.82, 2.24) is 14.5 Å². The number of fused-ring (bicyclic) bond motifs is 1. The molecular formula is C36H23F2N3. The lowest BCUT2D eigenvalue weighted by molar-refractivity contribution is 0.627. The molecule has 0 bridgehead atoms. The van der Waals surface area contributed by atoms with Gasteiger partial charge in [-0.2, -0.15) is 0 Å². The maximum atomic E-state index is 13.5. The zero-order valence-electron chi connectivity index (χ0n) is 21.9. The highest BCUT2D eigenvalue weighted by Crippen LogP contribution is 2.43. The van der Waals surface area contributed by atoms with Crippen molar-refractivity contribution in [2.75, 3.05) is 0 Å². The fraction of sp³-hybridized carbons (Fsp3) is 0. The summed E-state index contributed by atoms with van der Waals surface area (Å²) < 4.78 is 29.1. The molecule has 0 aliphatic heterocycles. The minimum Gasteiger partial charge on any atom is -0.277 e. The lowest BCUT2D eigenvalue weighted by Gasteiger charge is -2.13. The van der Waals surface area contributed by atoms with Gasteiger partial charge in [0.1, 0.15) is 11.6 Å². The average molecular weight is 536 g/mol. The van der Waals surface area contributed by atoms with Gasteiger partial charge in [0.25, 0.3) is 0 Å². The largest absolute Gasteiger partial charge is 0.277 e. The predicted molar refractivity (Wildman–Crippen MR) is 161 cm³/mol. The van der Waals surface area contributed by atoms with Crippen LogP contribution in [-0.4, -0.2) is 14.5 Å². The molecule has 5 aromatic carbocycles. The first-order chi connectivity index (χ1) is 20.2. The summed E-state index contributed by atoms with van der Waals surface area (Å²) in [4.78, 5) is 9.22. The van der Waals surface area contributed by atoms with Crippen LogP contribution in [0, 0.1) is 11.6 Å². The molecule has 0 radical (unpaired) electrons. The minimum atomic E-state index is -0.257. The van der Waals surface area contributed by atoms with E-state index in [4.69, 9.17) is 0 Å². The van der Waals surface area contributed by atoms with Crippen LogP contribution in [0.1, 0.15) is 0 Å². The SMILES string of the molecule is Fc1ccc(-c2ccc(-c3c(-c4ccc(-c5ccc(F)cc5)cc4)n(-c4ncccn4)c4ccccc34)cc2)cc1. The molecule has 0 amide bonds. The van der Waals surface area contributed by atoms with Gasteiger partial charge >= 0.3 is 0 Å². The van der Waals surface area contributed by atoms with Crippen LogP contribution in [0.2, 0.25) is 0 Å². The summed E-state index contributed by atoms with van der Waals surface area (Å²) in [7, 11) is 0. The van der Waals surface area contributed by atoms with E-state index in [0.29, 0.717) is 5.95 Å². The lowest BCUT2D eigenvalue weighted by Crippen LogP contribution is -2.02. The molecule has 0 atom stereocenters. The maximum Gasteiger partial charge on any atom is 0.234 e. The van der Waals surface area contributed by atoms with Gasteiger partial charge in [0, 0.05) is 23.3 Å². The molecule has 0 aliphatic carbocycles. The molecule has 3 nitrogen and oxygen atoms in total. The van der Waals surface area contributed by atoms with Gasteiger partial charge in [-0.25, -0.2) is 18.7 Å². The first-order valence-electron chi connectivity index (χ1n) is 13.3. The summed E-state index contributed by atoms with van der Waals surface area (Å²) in [5.74, 6) is 0.0692. The second-order valence-corrected chi connectivity index (χ2v) is 9.79. The Morgan fingerprint density at radius 1 is 0.439 bits per heavy atom. The second kappa shape index (κ2) is 10.3. The van der Waals surface area contributed by atoms with Gasteiger partial charge in [0.2, 0.25) is 5.95 Å². The van der Waals surface area contributed by atoms with Crippen LogP contribution in [-0.2, 0) is 0 Å². The van der Waals surface area contributed by atoms with Crippen molar-refractivity contribution < 1.29 is 8.78 Å². The smallest absolute Gasteiger partial charge is 0.234 e. The summed E-state index contributed by atoms with van der Waals surface area (Å²) in [6, 6.07) is 39.7. The fourth-order valence-corrected chi connectivity index (χ4v) is 5.35. The molecule has 5 heteroatoms. The van der Waals surface area contributed by atoms with Crippen LogP contribution in [0.15, 0.2) is 140 Å². The number of rotatable bonds is 5. The Labute approximate surface area is 236 Å². The Kier molecular flexibility index (Phi) is 6.17. The highest BCUT2D eigenvalue weighted by atomic mass is 19.1. The number of hydrogen-bond donors (Lipinski definition) is 0. The van der Waals surface area contributed by atoms with Crippen LogP contribution in [0.25, 0.3) is 61.5 Å². The van der Waals surface area contributed by atoms with Gasteiger partial charge in [-0.05, 0) is 69.8 Å². The van der Waals surface area contributed by atoms with E-state index in [1.54, 1.807) is 42.7 Å². The number of para-hydroxylation sites is 1. The summed E-state index contributed by atoms with van der Waals surface area (Å²) in [6.45, 7) is 0. The van der Waals surface area contributed by atoms with E-state index < -0.39 is 0 Å². The summed E-state index contributed by atoms with van der Waals surface area (Å²) >= 11 is 0. The number of aromatic nitrogens is 3. The summed E-state index contributed by atoms with van der Waals surface area (Å²) in [5, 5.41) is 1.08. The molecule has 196 valence electrons. The molecule has 0 N–H and O–H groups in total. The van der Waals surface area contributed by atoms with Crippen LogP contribution in [0.5, 0.6) is 0 Å². The van der Waals surface area contributed by atoms with Crippen LogP contribution >= 0.6 is 0 Å². The van der Waals surface area contributed by atoms with Gasteiger partial charge in [-0.15, -0.1) is 0 Å². The third-order valence-electron chi connectivity index (χ3n) is 7.31. The number of halogens is 2. The van der Waals surface area contributed by atoms with Gasteiger partial charge in [-0.3, -0.25) is 4.57 Å². The van der Waals surface area contributed by atoms with Crippen LogP contribution in [0.4, 0.5) is 8.78 Å². The van der Waals surface area contributed by atoms with E-state index in [1.807, 2.05) is 12.1 Å². The molecule has 0 unspecified atom stereocenters. The zero-order valence-corrected chi connectivity index (χ0v) is 21.9. The second-order valence-electron chi connectivity index (χ2n) is 9.79. The van der Waals surface area contributed by atoms with Crippen molar-refractivity contribution >= 4 is 10.9 Å². The van der Waals surface area contributed by atoms with Crippen molar-refractivity contribution in [2.45, 2.75) is 0 Å². The van der Waals surface area contributed by atoms with Gasteiger partial charge in [-0.1, -0.05) is 91.0 Å². The van der Waals surface area contributed by atoms with E-state index in [2.05, 4.69) is 75.2 Å². The molecule has 0 spiro atoms. The minimum absolute atomic E-state index is 0.253. The highest BCUT2D eigenvalue weighted by Gasteiger charge is 2.22. The first kappa shape index (κ1) is 24.6. The van der Waals surface area contributed by atoms with E-state index in [1.165, 1.54) is 24.3 Å². The van der Waals surface area contributed by atoms with Crippen LogP contribution < -0.4 is 0 Å². The maximum absolute atomic E-state index is 13.5. The monoisotopic (exact) mass is 535 g/mol. The number of hydrogen-bond acceptors (Lipinski definition) is 2. The molecule has 41 heavy (non-hydrogen) atoms. The fourth-order valence-electron chi connectivity index (χ4n) is 5.35. The number of nitrogens with zero attached hydrogens (tertiary/aromatic N) is 3. The third kappa shape index (κ3) is 4.57. The predicted octanol–water partition coefficient (Wildman–Crippen LogP) is 9.37. The molecular weight excluding hydrogens is 512 g/mol. The van der Waals surface area contributed by atoms with E-state index >= 15 is 0 Å². The van der Waals surface area contributed by atoms with Crippen LogP contribution in [0.3, 0.4) is 0 Å². The standard InChI is InChI=1S/C36H23F2N3/c37-30-18-14-26(15-19-30)24-6-10-28(11-7-24)34-32-4-1-2-5-33(32)41(36-39-22-3-23-40-36)35(34)29-12-8-25(9-13-29)27-16-20-31(38)21-17-27/h1-23H. The molecule has 0 aliphatic rings. The Bertz CT molecular complexity index is 1960. The third-order valence-corrected chi connectivity index (χ3v) is 7.31. The van der Waals surface area contributed by atoms with Crippen molar-refractivity contribution in [2.24, 2.45) is 0 Å². The topological polar surface area (TPSA) is 30.7 Å². The van der Waals surface area contributed by atoms with Gasteiger partial charge in [0.15, 0.2) is 0 Å².